The Morgan fingerprint density at radius 3 is 2.04 bits per heavy atom. The lowest BCUT2D eigenvalue weighted by molar-refractivity contribution is 0.255. The summed E-state index contributed by atoms with van der Waals surface area (Å²) >= 11 is 0. The molecule has 2 aromatic carbocycles. The summed E-state index contributed by atoms with van der Waals surface area (Å²) in [6.07, 6.45) is 0. The molecule has 4 rings (SSSR count). The maximum absolute atomic E-state index is 13.3. The zero-order valence-electron chi connectivity index (χ0n) is 15.0. The third-order valence-electron chi connectivity index (χ3n) is 5.05. The van der Waals surface area contributed by atoms with E-state index in [1.165, 1.54) is 0 Å². The predicted molar refractivity (Wildman–Crippen MR) is 103 cm³/mol. The first-order chi connectivity index (χ1) is 12.9. The van der Waals surface area contributed by atoms with Crippen LogP contribution in [0.2, 0.25) is 0 Å². The van der Waals surface area contributed by atoms with Gasteiger partial charge in [0.05, 0.1) is 37.8 Å². The molecule has 0 saturated carbocycles. The van der Waals surface area contributed by atoms with Crippen molar-refractivity contribution in [3.8, 4) is 11.5 Å². The number of ether oxygens (including phenoxy) is 2. The largest absolute Gasteiger partial charge is 0.497 e. The van der Waals surface area contributed by atoms with Crippen molar-refractivity contribution in [3.05, 3.63) is 48.5 Å². The first kappa shape index (κ1) is 17.7. The van der Waals surface area contributed by atoms with Gasteiger partial charge >= 0.3 is 6.03 Å². The number of anilines is 2. The van der Waals surface area contributed by atoms with Crippen LogP contribution in [0.1, 0.15) is 0 Å². The quantitative estimate of drug-likeness (QED) is 0.752. The summed E-state index contributed by atoms with van der Waals surface area (Å²) in [4.78, 5) is 16.4. The van der Waals surface area contributed by atoms with Crippen molar-refractivity contribution in [1.29, 1.82) is 0 Å². The van der Waals surface area contributed by atoms with E-state index in [9.17, 15) is 13.2 Å². The number of urea groups is 1. The van der Waals surface area contributed by atoms with E-state index in [2.05, 4.69) is 0 Å². The van der Waals surface area contributed by atoms with Crippen molar-refractivity contribution >= 4 is 27.2 Å². The van der Waals surface area contributed by atoms with Crippen LogP contribution in [-0.2, 0) is 9.84 Å². The van der Waals surface area contributed by atoms with E-state index in [1.54, 1.807) is 72.6 Å². The number of methoxy groups -OCH3 is 2. The Kier molecular flexibility index (Phi) is 4.22. The molecule has 2 amide bonds. The lowest BCUT2D eigenvalue weighted by Gasteiger charge is -2.23. The van der Waals surface area contributed by atoms with Crippen LogP contribution in [0.5, 0.6) is 11.5 Å². The summed E-state index contributed by atoms with van der Waals surface area (Å²) in [5, 5.41) is 0. The van der Waals surface area contributed by atoms with E-state index in [0.717, 1.165) is 0 Å². The van der Waals surface area contributed by atoms with E-state index in [0.29, 0.717) is 22.9 Å². The number of hydrogen-bond donors (Lipinski definition) is 0. The molecule has 8 heteroatoms. The minimum atomic E-state index is -3.23. The highest BCUT2D eigenvalue weighted by Crippen LogP contribution is 2.39. The van der Waals surface area contributed by atoms with E-state index >= 15 is 0 Å². The van der Waals surface area contributed by atoms with Crippen LogP contribution in [0.25, 0.3) is 0 Å². The Balaban J connectivity index is 1.77. The molecule has 2 aliphatic heterocycles. The summed E-state index contributed by atoms with van der Waals surface area (Å²) in [7, 11) is -0.108. The Morgan fingerprint density at radius 1 is 0.852 bits per heavy atom. The smallest absolute Gasteiger partial charge is 0.329 e. The van der Waals surface area contributed by atoms with Gasteiger partial charge in [-0.15, -0.1) is 0 Å². The summed E-state index contributed by atoms with van der Waals surface area (Å²) in [6.45, 7) is 0. The van der Waals surface area contributed by atoms with E-state index in [4.69, 9.17) is 9.47 Å². The van der Waals surface area contributed by atoms with Crippen LogP contribution < -0.4 is 19.3 Å². The number of carbonyl (C=O) groups is 1. The van der Waals surface area contributed by atoms with Crippen molar-refractivity contribution in [2.75, 3.05) is 35.5 Å². The maximum atomic E-state index is 13.3. The van der Waals surface area contributed by atoms with Crippen LogP contribution in [0.4, 0.5) is 16.2 Å². The van der Waals surface area contributed by atoms with Gasteiger partial charge in [-0.3, -0.25) is 9.80 Å². The molecule has 0 N–H and O–H groups in total. The number of sulfone groups is 1. The number of benzene rings is 2. The lowest BCUT2D eigenvalue weighted by Crippen LogP contribution is -2.37. The van der Waals surface area contributed by atoms with Crippen molar-refractivity contribution in [1.82, 2.24) is 0 Å². The van der Waals surface area contributed by atoms with Gasteiger partial charge in [-0.25, -0.2) is 13.2 Å². The Labute approximate surface area is 158 Å². The molecule has 0 aromatic heterocycles. The van der Waals surface area contributed by atoms with Crippen molar-refractivity contribution in [2.45, 2.75) is 12.1 Å². The zero-order chi connectivity index (χ0) is 19.2. The number of rotatable bonds is 4. The molecule has 2 fully saturated rings. The average molecular weight is 388 g/mol. The molecule has 142 valence electrons. The minimum Gasteiger partial charge on any atom is -0.497 e. The summed E-state index contributed by atoms with van der Waals surface area (Å²) in [5.41, 5.74) is 1.28. The summed E-state index contributed by atoms with van der Waals surface area (Å²) in [5.74, 6) is 1.19. The van der Waals surface area contributed by atoms with Crippen LogP contribution in [0.3, 0.4) is 0 Å². The molecule has 0 aliphatic carbocycles. The van der Waals surface area contributed by atoms with E-state index in [1.807, 2.05) is 0 Å². The minimum absolute atomic E-state index is 0.0457. The van der Waals surface area contributed by atoms with Crippen LogP contribution in [0.15, 0.2) is 48.5 Å². The number of fused-ring (bicyclic) bond motifs is 1. The van der Waals surface area contributed by atoms with Crippen LogP contribution in [0, 0.1) is 0 Å². The lowest BCUT2D eigenvalue weighted by atomic mass is 10.1. The number of nitrogens with zero attached hydrogens (tertiary/aromatic N) is 2. The molecular weight excluding hydrogens is 368 g/mol. The zero-order valence-corrected chi connectivity index (χ0v) is 15.8. The third kappa shape index (κ3) is 2.99. The molecule has 2 saturated heterocycles. The molecule has 7 nitrogen and oxygen atoms in total. The van der Waals surface area contributed by atoms with E-state index in [-0.39, 0.29) is 17.5 Å². The number of amides is 2. The Morgan fingerprint density at radius 2 is 1.44 bits per heavy atom. The molecular formula is C19H20N2O5S. The highest BCUT2D eigenvalue weighted by molar-refractivity contribution is 7.91. The average Bonchev–Trinajstić information content (AvgIpc) is 3.10. The first-order valence-electron chi connectivity index (χ1n) is 8.54. The Hall–Kier alpha value is -2.74. The highest BCUT2D eigenvalue weighted by Gasteiger charge is 2.54. The fourth-order valence-electron chi connectivity index (χ4n) is 3.81. The van der Waals surface area contributed by atoms with Gasteiger partial charge in [-0.2, -0.15) is 0 Å². The fourth-order valence-corrected chi connectivity index (χ4v) is 5.73. The third-order valence-corrected chi connectivity index (χ3v) is 6.75. The molecule has 0 spiro atoms. The van der Waals surface area contributed by atoms with Gasteiger partial charge in [0, 0.05) is 17.4 Å². The molecule has 2 aliphatic rings. The topological polar surface area (TPSA) is 76.2 Å². The first-order valence-corrected chi connectivity index (χ1v) is 10.4. The van der Waals surface area contributed by atoms with Gasteiger partial charge in [-0.05, 0) is 36.4 Å². The predicted octanol–water partition coefficient (Wildman–Crippen LogP) is 2.32. The summed E-state index contributed by atoms with van der Waals surface area (Å²) < 4.78 is 35.1. The van der Waals surface area contributed by atoms with Gasteiger partial charge in [0.15, 0.2) is 9.84 Å². The molecule has 2 heterocycles. The number of carbonyl (C=O) groups excluding carboxylic acids is 1. The van der Waals surface area contributed by atoms with Gasteiger partial charge in [0.1, 0.15) is 11.5 Å². The summed E-state index contributed by atoms with van der Waals surface area (Å²) in [6, 6.07) is 13.1. The molecule has 0 unspecified atom stereocenters. The van der Waals surface area contributed by atoms with Gasteiger partial charge in [0.25, 0.3) is 0 Å². The molecule has 2 aromatic rings. The van der Waals surface area contributed by atoms with Gasteiger partial charge < -0.3 is 9.47 Å². The normalized spacial score (nSPS) is 23.4. The SMILES string of the molecule is COc1ccc(N2C(=O)N(c3cccc(OC)c3)[C@H]3CS(=O)(=O)C[C@@H]32)cc1. The highest BCUT2D eigenvalue weighted by atomic mass is 32.2. The maximum Gasteiger partial charge on any atom is 0.329 e. The Bertz CT molecular complexity index is 974. The van der Waals surface area contributed by atoms with Crippen molar-refractivity contribution < 1.29 is 22.7 Å². The van der Waals surface area contributed by atoms with E-state index < -0.39 is 21.9 Å². The van der Waals surface area contributed by atoms with Gasteiger partial charge in [0.2, 0.25) is 0 Å². The fraction of sp³-hybridized carbons (Fsp3) is 0.316. The monoisotopic (exact) mass is 388 g/mol. The van der Waals surface area contributed by atoms with Gasteiger partial charge in [-0.1, -0.05) is 6.07 Å². The molecule has 0 radical (unpaired) electrons. The van der Waals surface area contributed by atoms with Crippen molar-refractivity contribution in [2.24, 2.45) is 0 Å². The standard InChI is InChI=1S/C19H20N2O5S/c1-25-15-8-6-13(7-9-15)20-17-11-27(23,24)12-18(17)21(19(20)22)14-4-3-5-16(10-14)26-2/h3-10,17-18H,11-12H2,1-2H3/t17-,18-/m0/s1. The molecule has 0 bridgehead atoms. The van der Waals surface area contributed by atoms with Crippen molar-refractivity contribution in [3.63, 3.8) is 0 Å². The number of hydrogen-bond acceptors (Lipinski definition) is 5. The van der Waals surface area contributed by atoms with Crippen LogP contribution >= 0.6 is 0 Å². The second-order valence-electron chi connectivity index (χ2n) is 6.63. The molecule has 2 atom stereocenters. The molecule has 27 heavy (non-hydrogen) atoms. The van der Waals surface area contributed by atoms with Crippen LogP contribution in [-0.4, -0.2) is 52.3 Å². The second kappa shape index (κ2) is 6.45. The second-order valence-corrected chi connectivity index (χ2v) is 8.79.